The van der Waals surface area contributed by atoms with E-state index >= 15 is 0 Å². The second-order valence-corrected chi connectivity index (χ2v) is 4.42. The monoisotopic (exact) mass is 213 g/mol. The number of aliphatic hydroxyl groups excluding tert-OH is 1. The number of aliphatic hydroxyl groups is 1. The average Bonchev–Trinajstić information content (AvgIpc) is 3.09. The lowest BCUT2D eigenvalue weighted by atomic mass is 10.1. The number of ether oxygens (including phenoxy) is 1. The van der Waals surface area contributed by atoms with Crippen LogP contribution in [0.15, 0.2) is 0 Å². The van der Waals surface area contributed by atoms with Gasteiger partial charge >= 0.3 is 0 Å². The number of hydrogen-bond acceptors (Lipinski definition) is 3. The molecule has 2 rings (SSSR count). The molecule has 0 bridgehead atoms. The third-order valence-electron chi connectivity index (χ3n) is 3.06. The number of rotatable bonds is 4. The fourth-order valence-corrected chi connectivity index (χ4v) is 2.08. The quantitative estimate of drug-likeness (QED) is 0.735. The van der Waals surface area contributed by atoms with E-state index in [0.29, 0.717) is 18.4 Å². The first-order valence-electron chi connectivity index (χ1n) is 5.82. The molecule has 1 N–H and O–H groups in total. The summed E-state index contributed by atoms with van der Waals surface area (Å²) in [4.78, 5) is 13.7. The lowest BCUT2D eigenvalue weighted by molar-refractivity contribution is -0.136. The van der Waals surface area contributed by atoms with Crippen LogP contribution in [0.4, 0.5) is 0 Å². The molecule has 1 aliphatic heterocycles. The molecule has 4 heteroatoms. The number of carbonyl (C=O) groups is 1. The summed E-state index contributed by atoms with van der Waals surface area (Å²) in [5, 5.41) is 8.66. The average molecular weight is 213 g/mol. The van der Waals surface area contributed by atoms with Gasteiger partial charge in [0.25, 0.3) is 0 Å². The van der Waals surface area contributed by atoms with E-state index in [1.807, 2.05) is 4.90 Å². The Hall–Kier alpha value is -0.610. The molecule has 2 fully saturated rings. The zero-order valence-electron chi connectivity index (χ0n) is 9.02. The van der Waals surface area contributed by atoms with Crippen molar-refractivity contribution in [2.24, 2.45) is 5.92 Å². The molecule has 0 radical (unpaired) electrons. The van der Waals surface area contributed by atoms with Gasteiger partial charge in [-0.25, -0.2) is 0 Å². The number of carbonyl (C=O) groups excluding carboxylic acids is 1. The van der Waals surface area contributed by atoms with E-state index in [1.54, 1.807) is 0 Å². The third-order valence-corrected chi connectivity index (χ3v) is 3.06. The summed E-state index contributed by atoms with van der Waals surface area (Å²) < 4.78 is 5.47. The Morgan fingerprint density at radius 1 is 1.40 bits per heavy atom. The normalized spacial score (nSPS) is 26.7. The Morgan fingerprint density at radius 2 is 2.20 bits per heavy atom. The Bertz CT molecular complexity index is 228. The maximum Gasteiger partial charge on any atom is 0.225 e. The first kappa shape index (κ1) is 10.9. The van der Waals surface area contributed by atoms with Crippen molar-refractivity contribution >= 4 is 5.91 Å². The van der Waals surface area contributed by atoms with Crippen molar-refractivity contribution < 1.29 is 14.6 Å². The Kier molecular flexibility index (Phi) is 3.59. The summed E-state index contributed by atoms with van der Waals surface area (Å²) >= 11 is 0. The van der Waals surface area contributed by atoms with Gasteiger partial charge in [0.1, 0.15) is 0 Å². The molecule has 86 valence electrons. The van der Waals surface area contributed by atoms with Crippen LogP contribution in [0.25, 0.3) is 0 Å². The standard InChI is InChI=1S/C11H19NO3/c13-6-7-15-10-2-1-5-12(8-10)11(14)9-3-4-9/h9-10,13H,1-8H2. The van der Waals surface area contributed by atoms with Gasteiger partial charge in [-0.2, -0.15) is 0 Å². The molecular formula is C11H19NO3. The summed E-state index contributed by atoms with van der Waals surface area (Å²) in [7, 11) is 0. The van der Waals surface area contributed by atoms with Crippen molar-refractivity contribution in [3.05, 3.63) is 0 Å². The molecule has 2 aliphatic rings. The highest BCUT2D eigenvalue weighted by Crippen LogP contribution is 2.32. The van der Waals surface area contributed by atoms with E-state index in [1.165, 1.54) is 0 Å². The van der Waals surface area contributed by atoms with E-state index in [4.69, 9.17) is 9.84 Å². The van der Waals surface area contributed by atoms with Gasteiger partial charge < -0.3 is 14.7 Å². The third kappa shape index (κ3) is 2.92. The van der Waals surface area contributed by atoms with Gasteiger partial charge in [-0.15, -0.1) is 0 Å². The Morgan fingerprint density at radius 3 is 2.87 bits per heavy atom. The molecule has 15 heavy (non-hydrogen) atoms. The van der Waals surface area contributed by atoms with Gasteiger partial charge in [-0.3, -0.25) is 4.79 Å². The van der Waals surface area contributed by atoms with E-state index in [-0.39, 0.29) is 12.7 Å². The van der Waals surface area contributed by atoms with Crippen LogP contribution in [0.1, 0.15) is 25.7 Å². The fraction of sp³-hybridized carbons (Fsp3) is 0.909. The highest BCUT2D eigenvalue weighted by molar-refractivity contribution is 5.81. The Labute approximate surface area is 90.2 Å². The van der Waals surface area contributed by atoms with Crippen molar-refractivity contribution in [2.75, 3.05) is 26.3 Å². The van der Waals surface area contributed by atoms with Crippen LogP contribution >= 0.6 is 0 Å². The SMILES string of the molecule is O=C(C1CC1)N1CCCC(OCCO)C1. The van der Waals surface area contributed by atoms with E-state index < -0.39 is 0 Å². The topological polar surface area (TPSA) is 49.8 Å². The minimum absolute atomic E-state index is 0.0626. The van der Waals surface area contributed by atoms with E-state index in [0.717, 1.165) is 38.8 Å². The zero-order valence-corrected chi connectivity index (χ0v) is 9.02. The van der Waals surface area contributed by atoms with Crippen molar-refractivity contribution in [2.45, 2.75) is 31.8 Å². The fourth-order valence-electron chi connectivity index (χ4n) is 2.08. The Balaban J connectivity index is 1.78. The van der Waals surface area contributed by atoms with Crippen LogP contribution in [0.5, 0.6) is 0 Å². The highest BCUT2D eigenvalue weighted by atomic mass is 16.5. The van der Waals surface area contributed by atoms with E-state index in [9.17, 15) is 4.79 Å². The van der Waals surface area contributed by atoms with Gasteiger partial charge in [0.05, 0.1) is 19.3 Å². The second-order valence-electron chi connectivity index (χ2n) is 4.42. The molecule has 1 saturated heterocycles. The van der Waals surface area contributed by atoms with Gasteiger partial charge in [0, 0.05) is 19.0 Å². The maximum atomic E-state index is 11.8. The number of piperidine rings is 1. The van der Waals surface area contributed by atoms with Crippen LogP contribution in [0, 0.1) is 5.92 Å². The second kappa shape index (κ2) is 4.94. The molecule has 1 amide bonds. The van der Waals surface area contributed by atoms with Crippen LogP contribution in [0.3, 0.4) is 0 Å². The van der Waals surface area contributed by atoms with Crippen LogP contribution in [-0.2, 0) is 9.53 Å². The largest absolute Gasteiger partial charge is 0.394 e. The smallest absolute Gasteiger partial charge is 0.225 e. The first-order chi connectivity index (χ1) is 7.31. The summed E-state index contributed by atoms with van der Waals surface area (Å²) in [6, 6.07) is 0. The maximum absolute atomic E-state index is 11.8. The molecule has 1 atom stereocenters. The molecule has 1 saturated carbocycles. The summed E-state index contributed by atoms with van der Waals surface area (Å²) in [5.74, 6) is 0.619. The predicted octanol–water partition coefficient (Wildman–Crippen LogP) is 0.396. The first-order valence-corrected chi connectivity index (χ1v) is 5.82. The van der Waals surface area contributed by atoms with Crippen molar-refractivity contribution in [3.63, 3.8) is 0 Å². The van der Waals surface area contributed by atoms with Gasteiger partial charge in [0.2, 0.25) is 5.91 Å². The van der Waals surface area contributed by atoms with Crippen molar-refractivity contribution in [1.29, 1.82) is 0 Å². The lowest BCUT2D eigenvalue weighted by Crippen LogP contribution is -2.44. The van der Waals surface area contributed by atoms with E-state index in [2.05, 4.69) is 0 Å². The molecule has 1 unspecified atom stereocenters. The number of likely N-dealkylation sites (tertiary alicyclic amines) is 1. The van der Waals surface area contributed by atoms with Gasteiger partial charge in [0.15, 0.2) is 0 Å². The number of hydrogen-bond donors (Lipinski definition) is 1. The van der Waals surface area contributed by atoms with Crippen LogP contribution in [-0.4, -0.2) is 48.3 Å². The summed E-state index contributed by atoms with van der Waals surface area (Å²) in [6.45, 7) is 2.05. The molecule has 4 nitrogen and oxygen atoms in total. The van der Waals surface area contributed by atoms with Crippen LogP contribution < -0.4 is 0 Å². The minimum atomic E-state index is 0.0626. The molecule has 1 aliphatic carbocycles. The molecule has 1 heterocycles. The molecule has 0 aromatic carbocycles. The molecule has 0 aromatic rings. The summed E-state index contributed by atoms with van der Waals surface area (Å²) in [6.07, 6.45) is 4.30. The number of amides is 1. The minimum Gasteiger partial charge on any atom is -0.394 e. The highest BCUT2D eigenvalue weighted by Gasteiger charge is 2.35. The van der Waals surface area contributed by atoms with Crippen LogP contribution in [0.2, 0.25) is 0 Å². The van der Waals surface area contributed by atoms with Gasteiger partial charge in [-0.05, 0) is 25.7 Å². The molecular weight excluding hydrogens is 194 g/mol. The number of nitrogens with zero attached hydrogens (tertiary/aromatic N) is 1. The molecule has 0 spiro atoms. The lowest BCUT2D eigenvalue weighted by Gasteiger charge is -2.32. The van der Waals surface area contributed by atoms with Gasteiger partial charge in [-0.1, -0.05) is 0 Å². The predicted molar refractivity (Wildman–Crippen MR) is 55.4 cm³/mol. The summed E-state index contributed by atoms with van der Waals surface area (Å²) in [5.41, 5.74) is 0. The zero-order chi connectivity index (χ0) is 10.7. The van der Waals surface area contributed by atoms with Crippen molar-refractivity contribution in [3.8, 4) is 0 Å². The van der Waals surface area contributed by atoms with Crippen molar-refractivity contribution in [1.82, 2.24) is 4.90 Å². The molecule has 0 aromatic heterocycles.